The summed E-state index contributed by atoms with van der Waals surface area (Å²) in [5, 5.41) is 14.8. The lowest BCUT2D eigenvalue weighted by Gasteiger charge is -2.35. The molecule has 14 nitrogen and oxygen atoms in total. The maximum Gasteiger partial charge on any atom is 0.262 e. The van der Waals surface area contributed by atoms with Crippen LogP contribution in [0.15, 0.2) is 60.8 Å². The predicted molar refractivity (Wildman–Crippen MR) is 217 cm³/mol. The molecule has 2 fully saturated rings. The molecule has 0 radical (unpaired) electrons. The number of piperidine rings is 2. The number of nitrogens with zero attached hydrogens (tertiary/aromatic N) is 7. The maximum atomic E-state index is 13.4. The van der Waals surface area contributed by atoms with Crippen molar-refractivity contribution >= 4 is 63.5 Å². The molecule has 4 aliphatic rings. The summed E-state index contributed by atoms with van der Waals surface area (Å²) in [6.07, 6.45) is 6.31. The van der Waals surface area contributed by atoms with Crippen molar-refractivity contribution in [1.82, 2.24) is 34.9 Å². The van der Waals surface area contributed by atoms with Gasteiger partial charge in [0.1, 0.15) is 6.04 Å². The number of hydrogen-bond donors (Lipinski definition) is 3. The van der Waals surface area contributed by atoms with E-state index in [1.807, 2.05) is 19.3 Å². The minimum atomic E-state index is -0.962. The van der Waals surface area contributed by atoms with E-state index in [-0.39, 0.29) is 18.7 Å². The Kier molecular flexibility index (Phi) is 9.43. The van der Waals surface area contributed by atoms with E-state index in [0.717, 1.165) is 108 Å². The van der Waals surface area contributed by atoms with Crippen LogP contribution in [0.2, 0.25) is 0 Å². The van der Waals surface area contributed by atoms with Gasteiger partial charge in [0.2, 0.25) is 17.8 Å². The second-order valence-corrected chi connectivity index (χ2v) is 15.8. The van der Waals surface area contributed by atoms with Gasteiger partial charge >= 0.3 is 0 Å². The average molecular weight is 767 g/mol. The number of nitrogens with one attached hydrogen (secondary N) is 3. The monoisotopic (exact) mass is 766 g/mol. The van der Waals surface area contributed by atoms with Gasteiger partial charge in [0.05, 0.1) is 16.5 Å². The van der Waals surface area contributed by atoms with Crippen LogP contribution in [0.5, 0.6) is 0 Å². The number of amides is 4. The lowest BCUT2D eigenvalue weighted by Crippen LogP contribution is -2.54. The predicted octanol–water partition coefficient (Wildman–Crippen LogP) is 5.53. The maximum absolute atomic E-state index is 13.4. The first-order valence-electron chi connectivity index (χ1n) is 19.8. The minimum absolute atomic E-state index is 0.101. The van der Waals surface area contributed by atoms with E-state index in [0.29, 0.717) is 23.0 Å². The Balaban J connectivity index is 0.785. The zero-order valence-electron chi connectivity index (χ0n) is 32.5. The van der Waals surface area contributed by atoms with Gasteiger partial charge in [-0.1, -0.05) is 24.3 Å². The van der Waals surface area contributed by atoms with Crippen LogP contribution in [0.25, 0.3) is 11.0 Å². The van der Waals surface area contributed by atoms with Gasteiger partial charge in [-0.05, 0) is 111 Å². The fourth-order valence-electron chi connectivity index (χ4n) is 8.83. The summed E-state index contributed by atoms with van der Waals surface area (Å²) >= 11 is 0. The topological polar surface area (TPSA) is 158 Å². The van der Waals surface area contributed by atoms with Crippen LogP contribution in [0.1, 0.15) is 75.1 Å². The third kappa shape index (κ3) is 6.98. The molecule has 1 unspecified atom stereocenters. The Morgan fingerprint density at radius 1 is 0.842 bits per heavy atom. The van der Waals surface area contributed by atoms with Gasteiger partial charge in [-0.15, -0.1) is 0 Å². The Labute approximate surface area is 330 Å². The van der Waals surface area contributed by atoms with Crippen molar-refractivity contribution in [2.45, 2.75) is 65.0 Å². The normalized spacial score (nSPS) is 18.9. The first-order chi connectivity index (χ1) is 27.6. The molecule has 9 rings (SSSR count). The molecule has 2 aromatic heterocycles. The molecule has 0 aliphatic carbocycles. The van der Waals surface area contributed by atoms with Gasteiger partial charge in [0, 0.05) is 62.9 Å². The van der Waals surface area contributed by atoms with Crippen molar-refractivity contribution in [3.05, 3.63) is 94.2 Å². The molecule has 0 saturated carbocycles. The highest BCUT2D eigenvalue weighted by molar-refractivity contribution is 6.23. The Bertz CT molecular complexity index is 2430. The average Bonchev–Trinajstić information content (AvgIpc) is 3.65. The van der Waals surface area contributed by atoms with Gasteiger partial charge in [-0.25, -0.2) is 9.67 Å². The van der Waals surface area contributed by atoms with Gasteiger partial charge < -0.3 is 15.5 Å². The van der Waals surface area contributed by atoms with Crippen molar-refractivity contribution in [2.24, 2.45) is 13.0 Å². The number of carbonyl (C=O) groups excluding carboxylic acids is 4. The number of aromatic nitrogens is 4. The van der Waals surface area contributed by atoms with E-state index in [9.17, 15) is 19.2 Å². The summed E-state index contributed by atoms with van der Waals surface area (Å²) in [5.41, 5.74) is 9.30. The quantitative estimate of drug-likeness (QED) is 0.162. The lowest BCUT2D eigenvalue weighted by molar-refractivity contribution is -0.136. The van der Waals surface area contributed by atoms with E-state index >= 15 is 0 Å². The fraction of sp³-hybridized carbons (Fsp3) is 0.372. The zero-order chi connectivity index (χ0) is 39.4. The van der Waals surface area contributed by atoms with Crippen LogP contribution in [0.4, 0.5) is 28.8 Å². The summed E-state index contributed by atoms with van der Waals surface area (Å²) < 4.78 is 1.78. The highest BCUT2D eigenvalue weighted by atomic mass is 16.2. The first kappa shape index (κ1) is 36.5. The second kappa shape index (κ2) is 14.7. The van der Waals surface area contributed by atoms with Crippen molar-refractivity contribution in [3.8, 4) is 0 Å². The number of para-hydroxylation sites is 1. The standard InChI is InChI=1S/C43H46N10O4/c1-25-5-4-6-26(2)37(25)47-38-34-23-44-43(48-39(34)50(3)49-38)45-30-8-7-28-16-18-51(24-29(28)21-30)17-13-27-14-19-52(20-15-27)31-9-10-32-33(22-31)42(57)53(41(32)56)35-11-12-36(54)46-40(35)55/h4-10,21-23,27,35H,11-20,24H2,1-3H3,(H,47,49)(H,44,45,48)(H,46,54,55). The Hall–Kier alpha value is -6.15. The molecule has 1 atom stereocenters. The van der Waals surface area contributed by atoms with Crippen molar-refractivity contribution in [2.75, 3.05) is 41.7 Å². The molecule has 4 amide bonds. The van der Waals surface area contributed by atoms with E-state index in [1.165, 1.54) is 11.1 Å². The molecule has 4 aliphatic heterocycles. The second-order valence-electron chi connectivity index (χ2n) is 15.8. The van der Waals surface area contributed by atoms with E-state index in [4.69, 9.17) is 10.1 Å². The van der Waals surface area contributed by atoms with Gasteiger partial charge in [-0.2, -0.15) is 10.1 Å². The van der Waals surface area contributed by atoms with Crippen LogP contribution in [0, 0.1) is 19.8 Å². The molecule has 6 heterocycles. The number of benzene rings is 3. The van der Waals surface area contributed by atoms with E-state index in [2.05, 4.69) is 81.0 Å². The highest BCUT2D eigenvalue weighted by Gasteiger charge is 2.45. The summed E-state index contributed by atoms with van der Waals surface area (Å²) in [7, 11) is 1.90. The summed E-state index contributed by atoms with van der Waals surface area (Å²) in [5.74, 6) is -0.0673. The molecular formula is C43H46N10O4. The molecule has 2 saturated heterocycles. The van der Waals surface area contributed by atoms with Crippen molar-refractivity contribution in [3.63, 3.8) is 0 Å². The third-order valence-corrected chi connectivity index (χ3v) is 12.1. The molecule has 14 heteroatoms. The first-order valence-corrected chi connectivity index (χ1v) is 19.8. The van der Waals surface area contributed by atoms with Crippen LogP contribution in [-0.2, 0) is 29.6 Å². The summed E-state index contributed by atoms with van der Waals surface area (Å²) in [4.78, 5) is 65.9. The number of imide groups is 2. The van der Waals surface area contributed by atoms with Gasteiger partial charge in [-0.3, -0.25) is 34.3 Å². The SMILES string of the molecule is Cc1cccc(C)c1Nc1nn(C)c2nc(Nc3ccc4c(c3)CN(CCC3CCN(c5ccc6c(c5)C(=O)N(C5CCC(=O)NC5=O)C6=O)CC3)CC4)ncc12. The lowest BCUT2D eigenvalue weighted by atomic mass is 9.92. The molecule has 5 aromatic rings. The van der Waals surface area contributed by atoms with Crippen LogP contribution in [-0.4, -0.2) is 85.4 Å². The van der Waals surface area contributed by atoms with E-state index < -0.39 is 23.8 Å². The van der Waals surface area contributed by atoms with Crippen molar-refractivity contribution in [1.29, 1.82) is 0 Å². The van der Waals surface area contributed by atoms with Gasteiger partial charge in [0.15, 0.2) is 11.5 Å². The number of fused-ring (bicyclic) bond motifs is 3. The molecule has 0 spiro atoms. The van der Waals surface area contributed by atoms with Crippen LogP contribution >= 0.6 is 0 Å². The number of anilines is 5. The highest BCUT2D eigenvalue weighted by Crippen LogP contribution is 2.34. The summed E-state index contributed by atoms with van der Waals surface area (Å²) in [6.45, 7) is 8.88. The number of carbonyl (C=O) groups is 4. The third-order valence-electron chi connectivity index (χ3n) is 12.1. The zero-order valence-corrected chi connectivity index (χ0v) is 32.5. The molecule has 3 N–H and O–H groups in total. The Morgan fingerprint density at radius 3 is 2.42 bits per heavy atom. The minimum Gasteiger partial charge on any atom is -0.371 e. The number of rotatable bonds is 9. The van der Waals surface area contributed by atoms with Crippen LogP contribution in [0.3, 0.4) is 0 Å². The molecule has 292 valence electrons. The van der Waals surface area contributed by atoms with Crippen molar-refractivity contribution < 1.29 is 19.2 Å². The smallest absolute Gasteiger partial charge is 0.262 e. The Morgan fingerprint density at radius 2 is 1.63 bits per heavy atom. The number of hydrogen-bond acceptors (Lipinski definition) is 11. The largest absolute Gasteiger partial charge is 0.371 e. The fourth-order valence-corrected chi connectivity index (χ4v) is 8.83. The molecule has 0 bridgehead atoms. The number of aryl methyl sites for hydroxylation is 3. The molecule has 3 aromatic carbocycles. The van der Waals surface area contributed by atoms with E-state index in [1.54, 1.807) is 16.8 Å². The van der Waals surface area contributed by atoms with Gasteiger partial charge in [0.25, 0.3) is 11.8 Å². The van der Waals surface area contributed by atoms with Crippen LogP contribution < -0.4 is 20.9 Å². The molecule has 57 heavy (non-hydrogen) atoms. The molecular weight excluding hydrogens is 721 g/mol. The summed E-state index contributed by atoms with van der Waals surface area (Å²) in [6, 6.07) is 17.2.